The smallest absolute Gasteiger partial charge is 0.0237 e. The van der Waals surface area contributed by atoms with Crippen LogP contribution in [0.4, 0.5) is 0 Å². The lowest BCUT2D eigenvalue weighted by atomic mass is 10.0. The molecule has 1 aromatic heterocycles. The van der Waals surface area contributed by atoms with E-state index < -0.39 is 0 Å². The fraction of sp³-hybridized carbons (Fsp3) is 0.556. The molecule has 60 valence electrons. The van der Waals surface area contributed by atoms with Crippen molar-refractivity contribution in [3.8, 4) is 0 Å². The average molecular weight is 150 g/mol. The van der Waals surface area contributed by atoms with Gasteiger partial charge in [-0.05, 0) is 25.0 Å². The normalized spacial score (nSPS) is 23.3. The Morgan fingerprint density at radius 2 is 2.45 bits per heavy atom. The van der Waals surface area contributed by atoms with Crippen molar-refractivity contribution >= 4 is 0 Å². The molecule has 1 atom stereocenters. The summed E-state index contributed by atoms with van der Waals surface area (Å²) in [6.45, 7) is 3.26. The van der Waals surface area contributed by atoms with E-state index in [1.165, 1.54) is 11.3 Å². The van der Waals surface area contributed by atoms with Gasteiger partial charge in [0.2, 0.25) is 0 Å². The molecule has 11 heavy (non-hydrogen) atoms. The second-order valence-electron chi connectivity index (χ2n) is 3.39. The van der Waals surface area contributed by atoms with Gasteiger partial charge in [0.15, 0.2) is 0 Å². The van der Waals surface area contributed by atoms with Gasteiger partial charge in [-0.15, -0.1) is 0 Å². The molecular formula is C9H14N2. The quantitative estimate of drug-likeness (QED) is 0.589. The highest BCUT2D eigenvalue weighted by Gasteiger charge is 2.15. The van der Waals surface area contributed by atoms with Crippen molar-refractivity contribution in [1.82, 2.24) is 4.57 Å². The van der Waals surface area contributed by atoms with Gasteiger partial charge in [-0.2, -0.15) is 0 Å². The fourth-order valence-corrected chi connectivity index (χ4v) is 1.76. The lowest BCUT2D eigenvalue weighted by Crippen LogP contribution is -2.30. The Kier molecular flexibility index (Phi) is 1.50. The van der Waals surface area contributed by atoms with Gasteiger partial charge in [0, 0.05) is 30.9 Å². The van der Waals surface area contributed by atoms with Crippen molar-refractivity contribution in [3.05, 3.63) is 23.5 Å². The van der Waals surface area contributed by atoms with Crippen LogP contribution in [0, 0.1) is 6.92 Å². The predicted molar refractivity (Wildman–Crippen MR) is 45.5 cm³/mol. The number of aromatic nitrogens is 1. The zero-order valence-electron chi connectivity index (χ0n) is 6.88. The van der Waals surface area contributed by atoms with Crippen LogP contribution in [0.1, 0.15) is 17.7 Å². The second-order valence-corrected chi connectivity index (χ2v) is 3.39. The van der Waals surface area contributed by atoms with Crippen molar-refractivity contribution in [3.63, 3.8) is 0 Å². The molecule has 0 unspecified atom stereocenters. The third kappa shape index (κ3) is 1.07. The van der Waals surface area contributed by atoms with Crippen LogP contribution in [0.3, 0.4) is 0 Å². The van der Waals surface area contributed by atoms with Gasteiger partial charge >= 0.3 is 0 Å². The standard InChI is InChI=1S/C9H14N2/c1-7-2-4-11-5-3-8(10)6-9(7)11/h2,4,8H,3,5-6,10H2,1H3/t8-/m1/s1. The van der Waals surface area contributed by atoms with Gasteiger partial charge in [0.25, 0.3) is 0 Å². The summed E-state index contributed by atoms with van der Waals surface area (Å²) < 4.78 is 2.32. The van der Waals surface area contributed by atoms with Crippen molar-refractivity contribution in [2.75, 3.05) is 0 Å². The van der Waals surface area contributed by atoms with Gasteiger partial charge in [0.05, 0.1) is 0 Å². The Morgan fingerprint density at radius 1 is 1.64 bits per heavy atom. The minimum Gasteiger partial charge on any atom is -0.351 e. The molecule has 2 heterocycles. The first kappa shape index (κ1) is 6.92. The Balaban J connectivity index is 2.37. The van der Waals surface area contributed by atoms with Crippen molar-refractivity contribution in [2.45, 2.75) is 32.4 Å². The predicted octanol–water partition coefficient (Wildman–Crippen LogP) is 1.07. The summed E-state index contributed by atoms with van der Waals surface area (Å²) in [4.78, 5) is 0. The van der Waals surface area contributed by atoms with Gasteiger partial charge in [-0.3, -0.25) is 0 Å². The minimum absolute atomic E-state index is 0.385. The Hall–Kier alpha value is -0.760. The highest BCUT2D eigenvalue weighted by molar-refractivity contribution is 5.22. The third-order valence-electron chi connectivity index (χ3n) is 2.50. The summed E-state index contributed by atoms with van der Waals surface area (Å²) in [5.41, 5.74) is 8.69. The van der Waals surface area contributed by atoms with Crippen LogP contribution in [-0.2, 0) is 13.0 Å². The van der Waals surface area contributed by atoms with E-state index in [2.05, 4.69) is 23.8 Å². The molecule has 0 amide bonds. The summed E-state index contributed by atoms with van der Waals surface area (Å²) in [6.07, 6.45) is 4.34. The first-order chi connectivity index (χ1) is 5.27. The number of rotatable bonds is 0. The van der Waals surface area contributed by atoms with E-state index >= 15 is 0 Å². The van der Waals surface area contributed by atoms with Gasteiger partial charge < -0.3 is 10.3 Å². The lowest BCUT2D eigenvalue weighted by Gasteiger charge is -2.21. The van der Waals surface area contributed by atoms with Gasteiger partial charge in [-0.25, -0.2) is 0 Å². The van der Waals surface area contributed by atoms with E-state index in [-0.39, 0.29) is 0 Å². The molecule has 0 saturated carbocycles. The number of nitrogens with zero attached hydrogens (tertiary/aromatic N) is 1. The Labute approximate surface area is 67.0 Å². The summed E-state index contributed by atoms with van der Waals surface area (Å²) in [6, 6.07) is 2.56. The molecule has 2 N–H and O–H groups in total. The van der Waals surface area contributed by atoms with Crippen LogP contribution in [0.25, 0.3) is 0 Å². The maximum atomic E-state index is 5.86. The molecule has 0 radical (unpaired) electrons. The molecule has 0 saturated heterocycles. The van der Waals surface area contributed by atoms with Crippen molar-refractivity contribution in [2.24, 2.45) is 5.73 Å². The van der Waals surface area contributed by atoms with E-state index in [1.807, 2.05) is 0 Å². The molecule has 0 aromatic carbocycles. The monoisotopic (exact) mass is 150 g/mol. The van der Waals surface area contributed by atoms with Crippen LogP contribution in [0.15, 0.2) is 12.3 Å². The van der Waals surface area contributed by atoms with Crippen molar-refractivity contribution in [1.29, 1.82) is 0 Å². The molecular weight excluding hydrogens is 136 g/mol. The zero-order chi connectivity index (χ0) is 7.84. The maximum absolute atomic E-state index is 5.86. The Morgan fingerprint density at radius 3 is 3.27 bits per heavy atom. The van der Waals surface area contributed by atoms with E-state index in [4.69, 9.17) is 5.73 Å². The largest absolute Gasteiger partial charge is 0.351 e. The summed E-state index contributed by atoms with van der Waals surface area (Å²) in [5, 5.41) is 0. The molecule has 0 aliphatic carbocycles. The average Bonchev–Trinajstić information content (AvgIpc) is 2.33. The van der Waals surface area contributed by atoms with E-state index in [9.17, 15) is 0 Å². The third-order valence-corrected chi connectivity index (χ3v) is 2.50. The maximum Gasteiger partial charge on any atom is 0.0237 e. The highest BCUT2D eigenvalue weighted by atomic mass is 15.0. The first-order valence-electron chi connectivity index (χ1n) is 4.17. The highest BCUT2D eigenvalue weighted by Crippen LogP contribution is 2.18. The van der Waals surface area contributed by atoms with Crippen LogP contribution in [0.2, 0.25) is 0 Å². The molecule has 2 heteroatoms. The topological polar surface area (TPSA) is 30.9 Å². The molecule has 1 aromatic rings. The molecule has 1 aliphatic heterocycles. The second kappa shape index (κ2) is 2.38. The number of nitrogens with two attached hydrogens (primary N) is 1. The van der Waals surface area contributed by atoms with E-state index in [0.29, 0.717) is 6.04 Å². The number of hydrogen-bond acceptors (Lipinski definition) is 1. The SMILES string of the molecule is Cc1ccn2c1C[C@H](N)CC2. The van der Waals surface area contributed by atoms with Crippen LogP contribution in [0.5, 0.6) is 0 Å². The van der Waals surface area contributed by atoms with Gasteiger partial charge in [0.1, 0.15) is 0 Å². The summed E-state index contributed by atoms with van der Waals surface area (Å²) in [7, 11) is 0. The molecule has 0 spiro atoms. The summed E-state index contributed by atoms with van der Waals surface area (Å²) in [5.74, 6) is 0. The Bertz CT molecular complexity index is 263. The van der Waals surface area contributed by atoms with Gasteiger partial charge in [-0.1, -0.05) is 0 Å². The van der Waals surface area contributed by atoms with Crippen LogP contribution in [-0.4, -0.2) is 10.6 Å². The van der Waals surface area contributed by atoms with E-state index in [0.717, 1.165) is 19.4 Å². The lowest BCUT2D eigenvalue weighted by molar-refractivity contribution is 0.470. The number of hydrogen-bond donors (Lipinski definition) is 1. The first-order valence-corrected chi connectivity index (χ1v) is 4.17. The minimum atomic E-state index is 0.385. The molecule has 1 aliphatic rings. The fourth-order valence-electron chi connectivity index (χ4n) is 1.76. The van der Waals surface area contributed by atoms with Crippen molar-refractivity contribution < 1.29 is 0 Å². The molecule has 0 fully saturated rings. The number of aryl methyl sites for hydroxylation is 2. The molecule has 0 bridgehead atoms. The van der Waals surface area contributed by atoms with Crippen LogP contribution < -0.4 is 5.73 Å². The number of fused-ring (bicyclic) bond motifs is 1. The summed E-state index contributed by atoms with van der Waals surface area (Å²) >= 11 is 0. The molecule has 2 rings (SSSR count). The zero-order valence-corrected chi connectivity index (χ0v) is 6.88. The molecule has 2 nitrogen and oxygen atoms in total. The van der Waals surface area contributed by atoms with Crippen LogP contribution >= 0.6 is 0 Å². The van der Waals surface area contributed by atoms with E-state index in [1.54, 1.807) is 0 Å².